The van der Waals surface area contributed by atoms with E-state index in [2.05, 4.69) is 20.3 Å². The predicted octanol–water partition coefficient (Wildman–Crippen LogP) is 4.91. The van der Waals surface area contributed by atoms with Crippen LogP contribution in [0.3, 0.4) is 0 Å². The summed E-state index contributed by atoms with van der Waals surface area (Å²) in [6, 6.07) is 12.3. The van der Waals surface area contributed by atoms with E-state index < -0.39 is 5.97 Å². The van der Waals surface area contributed by atoms with Gasteiger partial charge in [0.2, 0.25) is 5.95 Å². The number of carbonyl (C=O) groups excluding carboxylic acids is 2. The molecule has 0 radical (unpaired) electrons. The average Bonchev–Trinajstić information content (AvgIpc) is 3.33. The number of aliphatic carboxylic acids is 1. The number of anilines is 3. The molecule has 0 aliphatic heterocycles. The van der Waals surface area contributed by atoms with Crippen LogP contribution in [-0.4, -0.2) is 55.7 Å². The van der Waals surface area contributed by atoms with Crippen LogP contribution in [0.25, 0.3) is 11.2 Å². The summed E-state index contributed by atoms with van der Waals surface area (Å²) in [4.78, 5) is 45.0. The van der Waals surface area contributed by atoms with Gasteiger partial charge in [-0.3, -0.25) is 14.4 Å². The maximum atomic E-state index is 11.0. The first-order valence-corrected chi connectivity index (χ1v) is 13.5. The van der Waals surface area contributed by atoms with E-state index in [0.29, 0.717) is 51.1 Å². The van der Waals surface area contributed by atoms with Crippen LogP contribution in [0.15, 0.2) is 55.0 Å². The minimum absolute atomic E-state index is 0.0642. The van der Waals surface area contributed by atoms with E-state index in [1.807, 2.05) is 10.6 Å². The Kier molecular flexibility index (Phi) is 11.9. The number of benzene rings is 2. The van der Waals surface area contributed by atoms with E-state index in [1.54, 1.807) is 48.9 Å². The number of carboxylic acid groups (broad SMARTS) is 1. The molecule has 4 N–H and O–H groups in total. The largest absolute Gasteiger partial charge is 0.481 e. The van der Waals surface area contributed by atoms with Crippen LogP contribution < -0.4 is 11.1 Å². The highest BCUT2D eigenvalue weighted by molar-refractivity contribution is 6.39. The van der Waals surface area contributed by atoms with Crippen LogP contribution in [0.5, 0.6) is 0 Å². The second-order valence-electron chi connectivity index (χ2n) is 9.08. The maximum absolute atomic E-state index is 11.0. The van der Waals surface area contributed by atoms with Crippen LogP contribution in [0.4, 0.5) is 17.3 Å². The molecule has 2 aromatic carbocycles. The van der Waals surface area contributed by atoms with Crippen molar-refractivity contribution in [3.05, 3.63) is 70.6 Å². The number of aryl methyl sites for hydroxylation is 1. The van der Waals surface area contributed by atoms with Crippen LogP contribution in [0.2, 0.25) is 10.0 Å². The van der Waals surface area contributed by atoms with E-state index >= 15 is 0 Å². The summed E-state index contributed by atoms with van der Waals surface area (Å²) in [6.07, 6.45) is 3.76. The predicted molar refractivity (Wildman–Crippen MR) is 159 cm³/mol. The van der Waals surface area contributed by atoms with Gasteiger partial charge in [0.25, 0.3) is 0 Å². The maximum Gasteiger partial charge on any atom is 0.307 e. The lowest BCUT2D eigenvalue weighted by atomic mass is 10.1. The molecule has 0 unspecified atom stereocenters. The lowest BCUT2D eigenvalue weighted by Crippen LogP contribution is -2.21. The number of para-hydroxylation sites is 2. The van der Waals surface area contributed by atoms with Crippen molar-refractivity contribution in [2.45, 2.75) is 33.2 Å². The molecule has 4 aromatic rings. The van der Waals surface area contributed by atoms with Crippen LogP contribution in [-0.2, 0) is 36.8 Å². The van der Waals surface area contributed by atoms with Crippen LogP contribution in [0, 0.1) is 5.92 Å². The highest BCUT2D eigenvalue weighted by Gasteiger charge is 2.15. The number of hydrogen-bond donors (Lipinski definition) is 3. The number of imidazole rings is 1. The molecule has 14 heteroatoms. The number of rotatable bonds is 11. The Balaban J connectivity index is 0.000000235. The molecule has 0 saturated heterocycles. The number of fused-ring (bicyclic) bond motifs is 1. The van der Waals surface area contributed by atoms with Gasteiger partial charge >= 0.3 is 17.9 Å². The zero-order valence-corrected chi connectivity index (χ0v) is 24.4. The topological polar surface area (TPSA) is 172 Å². The molecular weight excluding hydrogens is 587 g/mol. The Morgan fingerprint density at radius 1 is 1.00 bits per heavy atom. The van der Waals surface area contributed by atoms with Gasteiger partial charge in [0.1, 0.15) is 5.52 Å². The highest BCUT2D eigenvalue weighted by atomic mass is 35.5. The standard InChI is InChI=1S/C14H11Cl2NO2.C14H19N5O4/c15-10-5-3-6-11(16)14(10)17-12-7-2-1-4-9(12)8-13(18)19;1-9(20)22-6-11(7-23-10(2)21)3-4-19-8-17-12-5-16-14(15)18-13(12)19/h1-7,17H,8H2,(H,18,19);5,8,11H,3-4,6-7H2,1-2H3,(H2,15,16,18). The minimum atomic E-state index is -0.889. The van der Waals surface area contributed by atoms with Gasteiger partial charge in [-0.15, -0.1) is 0 Å². The van der Waals surface area contributed by atoms with Gasteiger partial charge in [-0.05, 0) is 30.2 Å². The second kappa shape index (κ2) is 15.5. The molecule has 0 aliphatic carbocycles. The summed E-state index contributed by atoms with van der Waals surface area (Å²) in [6.45, 7) is 3.62. The van der Waals surface area contributed by atoms with Crippen LogP contribution in [0.1, 0.15) is 25.8 Å². The van der Waals surface area contributed by atoms with Gasteiger partial charge in [-0.2, -0.15) is 4.98 Å². The Labute approximate surface area is 251 Å². The number of nitrogens with one attached hydrogen (secondary N) is 1. The first kappa shape index (κ1) is 32.1. The first-order chi connectivity index (χ1) is 20.0. The van der Waals surface area contributed by atoms with Gasteiger partial charge in [0.05, 0.1) is 47.9 Å². The number of aromatic nitrogens is 4. The molecule has 2 heterocycles. The monoisotopic (exact) mass is 616 g/mol. The number of nitrogens with zero attached hydrogens (tertiary/aromatic N) is 4. The number of esters is 2. The van der Waals surface area contributed by atoms with Crippen molar-refractivity contribution >= 4 is 69.6 Å². The number of hydrogen-bond acceptors (Lipinski definition) is 10. The number of ether oxygens (including phenoxy) is 2. The van der Waals surface area contributed by atoms with E-state index in [0.717, 1.165) is 0 Å². The number of nitrogens with two attached hydrogens (primary N) is 1. The number of carbonyl (C=O) groups is 3. The highest BCUT2D eigenvalue weighted by Crippen LogP contribution is 2.33. The van der Waals surface area contributed by atoms with Crippen molar-refractivity contribution in [1.29, 1.82) is 0 Å². The Bertz CT molecular complexity index is 1510. The lowest BCUT2D eigenvalue weighted by Gasteiger charge is -2.16. The van der Waals surface area contributed by atoms with Gasteiger partial charge in [-0.25, -0.2) is 9.97 Å². The molecule has 0 spiro atoms. The smallest absolute Gasteiger partial charge is 0.307 e. The normalized spacial score (nSPS) is 10.6. The number of nitrogen functional groups attached to an aromatic ring is 1. The lowest BCUT2D eigenvalue weighted by molar-refractivity contribution is -0.146. The molecule has 0 amide bonds. The number of halogens is 2. The average molecular weight is 617 g/mol. The summed E-state index contributed by atoms with van der Waals surface area (Å²) in [7, 11) is 0. The summed E-state index contributed by atoms with van der Waals surface area (Å²) in [5.41, 5.74) is 8.80. The van der Waals surface area contributed by atoms with Crippen molar-refractivity contribution in [2.24, 2.45) is 5.92 Å². The van der Waals surface area contributed by atoms with Gasteiger partial charge in [0.15, 0.2) is 5.65 Å². The van der Waals surface area contributed by atoms with E-state index in [4.69, 9.17) is 43.5 Å². The van der Waals surface area contributed by atoms with Crippen molar-refractivity contribution in [1.82, 2.24) is 19.5 Å². The number of carboxylic acids is 1. The van der Waals surface area contributed by atoms with E-state index in [9.17, 15) is 14.4 Å². The minimum Gasteiger partial charge on any atom is -0.481 e. The zero-order valence-electron chi connectivity index (χ0n) is 22.9. The Morgan fingerprint density at radius 3 is 2.26 bits per heavy atom. The van der Waals surface area contributed by atoms with E-state index in [1.165, 1.54) is 13.8 Å². The van der Waals surface area contributed by atoms with E-state index in [-0.39, 0.29) is 43.4 Å². The first-order valence-electron chi connectivity index (χ1n) is 12.7. The second-order valence-corrected chi connectivity index (χ2v) is 9.90. The molecule has 0 atom stereocenters. The van der Waals surface area contributed by atoms with Crippen LogP contribution >= 0.6 is 23.2 Å². The molecule has 222 valence electrons. The molecule has 0 bridgehead atoms. The molecule has 12 nitrogen and oxygen atoms in total. The Hall–Kier alpha value is -4.42. The molecule has 0 fully saturated rings. The van der Waals surface area contributed by atoms with Crippen molar-refractivity contribution in [3.63, 3.8) is 0 Å². The molecule has 42 heavy (non-hydrogen) atoms. The molecule has 4 rings (SSSR count). The third kappa shape index (κ3) is 9.89. The summed E-state index contributed by atoms with van der Waals surface area (Å²) in [5.74, 6) is -1.56. The third-order valence-electron chi connectivity index (χ3n) is 5.78. The summed E-state index contributed by atoms with van der Waals surface area (Å²) in [5, 5.41) is 12.9. The molecule has 2 aromatic heterocycles. The van der Waals surface area contributed by atoms with Gasteiger partial charge in [0, 0.05) is 32.0 Å². The summed E-state index contributed by atoms with van der Waals surface area (Å²) < 4.78 is 11.9. The zero-order chi connectivity index (χ0) is 30.6. The van der Waals surface area contributed by atoms with Crippen molar-refractivity contribution in [3.8, 4) is 0 Å². The van der Waals surface area contributed by atoms with Gasteiger partial charge < -0.3 is 30.2 Å². The molecule has 0 aliphatic rings. The summed E-state index contributed by atoms with van der Waals surface area (Å²) >= 11 is 12.1. The quantitative estimate of drug-likeness (QED) is 0.195. The third-order valence-corrected chi connectivity index (χ3v) is 6.41. The fraction of sp³-hybridized carbons (Fsp3) is 0.286. The van der Waals surface area contributed by atoms with Gasteiger partial charge in [-0.1, -0.05) is 47.5 Å². The Morgan fingerprint density at radius 2 is 1.64 bits per heavy atom. The SMILES string of the molecule is CC(=O)OCC(CCn1cnc2cnc(N)nc21)COC(C)=O.O=C(O)Cc1ccccc1Nc1c(Cl)cccc1Cl. The van der Waals surface area contributed by atoms with Crippen molar-refractivity contribution in [2.75, 3.05) is 24.3 Å². The fourth-order valence-electron chi connectivity index (χ4n) is 3.75. The van der Waals surface area contributed by atoms with Crippen molar-refractivity contribution < 1.29 is 29.0 Å². The fourth-order valence-corrected chi connectivity index (χ4v) is 4.24. The molecular formula is C28H30Cl2N6O6. The molecule has 0 saturated carbocycles.